The summed E-state index contributed by atoms with van der Waals surface area (Å²) in [7, 11) is 1.48. The second-order valence-electron chi connectivity index (χ2n) is 7.89. The van der Waals surface area contributed by atoms with Crippen LogP contribution in [0.3, 0.4) is 0 Å². The molecule has 1 atom stereocenters. The highest BCUT2D eigenvalue weighted by Crippen LogP contribution is 2.27. The van der Waals surface area contributed by atoms with E-state index in [1.54, 1.807) is 18.2 Å². The van der Waals surface area contributed by atoms with Crippen LogP contribution in [0.2, 0.25) is 0 Å². The minimum atomic E-state index is -1.10. The van der Waals surface area contributed by atoms with E-state index in [2.05, 4.69) is 25.5 Å². The van der Waals surface area contributed by atoms with Gasteiger partial charge in [-0.2, -0.15) is 5.10 Å². The number of nitrogens with one attached hydrogen (secondary N) is 1. The van der Waals surface area contributed by atoms with Crippen molar-refractivity contribution < 1.29 is 33.2 Å². The molecule has 0 saturated carbocycles. The molecule has 3 aromatic heterocycles. The van der Waals surface area contributed by atoms with Gasteiger partial charge in [0.1, 0.15) is 25.1 Å². The Balaban J connectivity index is 1.16. The average molecular weight is 473 g/mol. The Morgan fingerprint density at radius 2 is 2.03 bits per heavy atom. The highest BCUT2D eigenvalue weighted by Gasteiger charge is 2.30. The van der Waals surface area contributed by atoms with Gasteiger partial charge < -0.3 is 34.1 Å². The van der Waals surface area contributed by atoms with Crippen LogP contribution in [0.4, 0.5) is 4.39 Å². The van der Waals surface area contributed by atoms with E-state index in [1.807, 2.05) is 0 Å². The third-order valence-corrected chi connectivity index (χ3v) is 5.53. The van der Waals surface area contributed by atoms with Crippen LogP contribution in [-0.2, 0) is 22.4 Å². The largest absolute Gasteiger partial charge is 0.484 e. The van der Waals surface area contributed by atoms with Gasteiger partial charge in [0, 0.05) is 30.7 Å². The van der Waals surface area contributed by atoms with Crippen molar-refractivity contribution in [3.63, 3.8) is 0 Å². The van der Waals surface area contributed by atoms with Crippen LogP contribution in [0, 0.1) is 5.82 Å². The average Bonchev–Trinajstić information content (AvgIpc) is 2.89. The summed E-state index contributed by atoms with van der Waals surface area (Å²) in [6.45, 7) is 1.95. The van der Waals surface area contributed by atoms with Crippen molar-refractivity contribution in [2.75, 3.05) is 33.5 Å². The van der Waals surface area contributed by atoms with Crippen molar-refractivity contribution in [2.24, 2.45) is 0 Å². The van der Waals surface area contributed by atoms with Gasteiger partial charge in [-0.15, -0.1) is 5.10 Å². The summed E-state index contributed by atoms with van der Waals surface area (Å²) in [5.41, 5.74) is 1.74. The Labute approximate surface area is 194 Å². The molecule has 2 N–H and O–H groups in total. The summed E-state index contributed by atoms with van der Waals surface area (Å²) in [5, 5.41) is 22.1. The van der Waals surface area contributed by atoms with Crippen molar-refractivity contribution in [1.29, 1.82) is 0 Å². The molecule has 3 aromatic rings. The lowest BCUT2D eigenvalue weighted by atomic mass is 10.1. The summed E-state index contributed by atoms with van der Waals surface area (Å²) in [6, 6.07) is 4.99. The molecule has 5 heterocycles. The third kappa shape index (κ3) is 4.85. The van der Waals surface area contributed by atoms with Gasteiger partial charge in [-0.3, -0.25) is 4.98 Å². The van der Waals surface area contributed by atoms with E-state index in [-0.39, 0.29) is 18.0 Å². The number of aliphatic hydroxyl groups excluding tert-OH is 1. The quantitative estimate of drug-likeness (QED) is 0.505. The van der Waals surface area contributed by atoms with E-state index in [9.17, 15) is 9.50 Å². The molecule has 12 heteroatoms. The van der Waals surface area contributed by atoms with Gasteiger partial charge in [-0.1, -0.05) is 0 Å². The number of fused-ring (bicyclic) bond motifs is 2. The molecule has 180 valence electrons. The van der Waals surface area contributed by atoms with Crippen LogP contribution in [0.1, 0.15) is 11.3 Å². The first-order chi connectivity index (χ1) is 16.6. The first kappa shape index (κ1) is 22.6. The standard InChI is InChI=1S/C22H24FN5O6/c1-30-19-3-2-16-20(26-19)14(15(23)9-25-16)7-17(29)22-33-10-13(11-34-22)24-8-12-6-18-21(28-27-12)32-5-4-31-18/h2-3,6,9,13,17,22,24,29H,4-5,7-8,10-11H2,1H3/t13?,17-,22?/m0/s1. The van der Waals surface area contributed by atoms with Gasteiger partial charge in [-0.25, -0.2) is 9.37 Å². The van der Waals surface area contributed by atoms with Crippen LogP contribution in [0.15, 0.2) is 24.4 Å². The summed E-state index contributed by atoms with van der Waals surface area (Å²) in [4.78, 5) is 8.34. The number of hydrogen-bond donors (Lipinski definition) is 2. The Morgan fingerprint density at radius 1 is 1.21 bits per heavy atom. The summed E-state index contributed by atoms with van der Waals surface area (Å²) < 4.78 is 42.0. The second kappa shape index (κ2) is 9.97. The zero-order chi connectivity index (χ0) is 23.5. The Kier molecular flexibility index (Phi) is 6.63. The van der Waals surface area contributed by atoms with Gasteiger partial charge in [0.25, 0.3) is 5.88 Å². The number of ether oxygens (including phenoxy) is 5. The Morgan fingerprint density at radius 3 is 2.85 bits per heavy atom. The Hall–Kier alpha value is -3.19. The van der Waals surface area contributed by atoms with Crippen molar-refractivity contribution in [3.8, 4) is 17.5 Å². The lowest BCUT2D eigenvalue weighted by Gasteiger charge is -2.32. The van der Waals surface area contributed by atoms with E-state index >= 15 is 0 Å². The smallest absolute Gasteiger partial charge is 0.276 e. The molecule has 0 unspecified atom stereocenters. The van der Waals surface area contributed by atoms with Crippen LogP contribution >= 0.6 is 0 Å². The molecule has 2 aliphatic rings. The van der Waals surface area contributed by atoms with E-state index in [4.69, 9.17) is 23.7 Å². The molecule has 1 fully saturated rings. The topological polar surface area (TPSA) is 130 Å². The maximum Gasteiger partial charge on any atom is 0.276 e. The normalized spacial score (nSPS) is 20.8. The lowest BCUT2D eigenvalue weighted by Crippen LogP contribution is -2.48. The van der Waals surface area contributed by atoms with E-state index in [0.717, 1.165) is 6.20 Å². The minimum Gasteiger partial charge on any atom is -0.484 e. The number of halogens is 1. The van der Waals surface area contributed by atoms with Crippen LogP contribution < -0.4 is 19.5 Å². The number of rotatable bonds is 7. The van der Waals surface area contributed by atoms with Crippen molar-refractivity contribution >= 4 is 11.0 Å². The predicted octanol–water partition coefficient (Wildman–Crippen LogP) is 0.773. The Bertz CT molecular complexity index is 1160. The molecule has 0 radical (unpaired) electrons. The van der Waals surface area contributed by atoms with E-state index < -0.39 is 18.2 Å². The van der Waals surface area contributed by atoms with Gasteiger partial charge in [0.2, 0.25) is 5.88 Å². The highest BCUT2D eigenvalue weighted by molar-refractivity contribution is 5.78. The van der Waals surface area contributed by atoms with Crippen molar-refractivity contribution in [2.45, 2.75) is 31.4 Å². The number of aliphatic hydroxyl groups is 1. The number of pyridine rings is 2. The number of aromatic nitrogens is 4. The van der Waals surface area contributed by atoms with Crippen LogP contribution in [0.25, 0.3) is 11.0 Å². The molecular formula is C22H24FN5O6. The van der Waals surface area contributed by atoms with E-state index in [1.165, 1.54) is 7.11 Å². The number of methoxy groups -OCH3 is 1. The fourth-order valence-electron chi connectivity index (χ4n) is 3.78. The molecule has 11 nitrogen and oxygen atoms in total. The van der Waals surface area contributed by atoms with Crippen LogP contribution in [-0.4, -0.2) is 77.2 Å². The maximum atomic E-state index is 14.5. The molecule has 2 aliphatic heterocycles. The van der Waals surface area contributed by atoms with Gasteiger partial charge in [-0.05, 0) is 6.07 Å². The molecule has 0 spiro atoms. The molecule has 0 aromatic carbocycles. The molecule has 0 bridgehead atoms. The first-order valence-electron chi connectivity index (χ1n) is 10.9. The molecule has 0 amide bonds. The van der Waals surface area contributed by atoms with Gasteiger partial charge in [0.15, 0.2) is 12.0 Å². The molecular weight excluding hydrogens is 449 g/mol. The van der Waals surface area contributed by atoms with Crippen molar-refractivity contribution in [3.05, 3.63) is 41.5 Å². The van der Waals surface area contributed by atoms with Crippen molar-refractivity contribution in [1.82, 2.24) is 25.5 Å². The van der Waals surface area contributed by atoms with Crippen LogP contribution in [0.5, 0.6) is 17.5 Å². The summed E-state index contributed by atoms with van der Waals surface area (Å²) in [5.74, 6) is 0.726. The molecule has 1 saturated heterocycles. The second-order valence-corrected chi connectivity index (χ2v) is 7.89. The number of hydrogen-bond acceptors (Lipinski definition) is 11. The maximum absolute atomic E-state index is 14.5. The summed E-state index contributed by atoms with van der Waals surface area (Å²) in [6.07, 6.45) is -0.944. The van der Waals surface area contributed by atoms with Gasteiger partial charge >= 0.3 is 0 Å². The lowest BCUT2D eigenvalue weighted by molar-refractivity contribution is -0.230. The minimum absolute atomic E-state index is 0.0550. The summed E-state index contributed by atoms with van der Waals surface area (Å²) >= 11 is 0. The zero-order valence-electron chi connectivity index (χ0n) is 18.4. The SMILES string of the molecule is COc1ccc2ncc(F)c(C[C@H](O)C3OCC(NCc4cc5c(nn4)OCCO5)CO3)c2n1. The fraction of sp³-hybridized carbons (Fsp3) is 0.455. The predicted molar refractivity (Wildman–Crippen MR) is 115 cm³/mol. The zero-order valence-corrected chi connectivity index (χ0v) is 18.4. The fourth-order valence-corrected chi connectivity index (χ4v) is 3.78. The van der Waals surface area contributed by atoms with E-state index in [0.29, 0.717) is 67.2 Å². The molecule has 0 aliphatic carbocycles. The first-order valence-corrected chi connectivity index (χ1v) is 10.9. The number of nitrogens with zero attached hydrogens (tertiary/aromatic N) is 4. The third-order valence-electron chi connectivity index (χ3n) is 5.53. The monoisotopic (exact) mass is 473 g/mol. The molecule has 5 rings (SSSR count). The highest BCUT2D eigenvalue weighted by atomic mass is 19.1. The molecule has 34 heavy (non-hydrogen) atoms. The van der Waals surface area contributed by atoms with Gasteiger partial charge in [0.05, 0.1) is 49.3 Å².